The second-order valence-corrected chi connectivity index (χ2v) is 4.69. The summed E-state index contributed by atoms with van der Waals surface area (Å²) in [6.07, 6.45) is 8.05. The van der Waals surface area contributed by atoms with Crippen LogP contribution in [0.3, 0.4) is 0 Å². The van der Waals surface area contributed by atoms with Crippen molar-refractivity contribution in [1.29, 1.82) is 0 Å². The van der Waals surface area contributed by atoms with Gasteiger partial charge in [0, 0.05) is 19.3 Å². The number of nitrogens with one attached hydrogen (secondary N) is 1. The van der Waals surface area contributed by atoms with E-state index in [0.29, 0.717) is 6.04 Å². The van der Waals surface area contributed by atoms with Gasteiger partial charge in [0.15, 0.2) is 0 Å². The Morgan fingerprint density at radius 1 is 1.27 bits per heavy atom. The van der Waals surface area contributed by atoms with Gasteiger partial charge >= 0.3 is 0 Å². The maximum absolute atomic E-state index is 5.55. The molecule has 0 saturated heterocycles. The summed E-state index contributed by atoms with van der Waals surface area (Å²) in [7, 11) is 0. The molecule has 0 radical (unpaired) electrons. The zero-order valence-electron chi connectivity index (χ0n) is 10.4. The number of rotatable bonds is 9. The SMILES string of the molecule is CCCOCCC(CC1CCC1)NCC. The lowest BCUT2D eigenvalue weighted by molar-refractivity contribution is 0.118. The van der Waals surface area contributed by atoms with Gasteiger partial charge in [-0.05, 0) is 31.7 Å². The maximum Gasteiger partial charge on any atom is 0.0480 e. The van der Waals surface area contributed by atoms with Gasteiger partial charge in [-0.15, -0.1) is 0 Å². The molecular weight excluding hydrogens is 186 g/mol. The summed E-state index contributed by atoms with van der Waals surface area (Å²) in [5.41, 5.74) is 0. The molecule has 90 valence electrons. The molecule has 1 aliphatic carbocycles. The van der Waals surface area contributed by atoms with E-state index < -0.39 is 0 Å². The van der Waals surface area contributed by atoms with E-state index in [1.165, 1.54) is 32.1 Å². The van der Waals surface area contributed by atoms with E-state index in [1.807, 2.05) is 0 Å². The zero-order valence-corrected chi connectivity index (χ0v) is 10.4. The minimum absolute atomic E-state index is 0.692. The molecule has 0 amide bonds. The maximum atomic E-state index is 5.55. The van der Waals surface area contributed by atoms with Crippen molar-refractivity contribution in [2.45, 2.75) is 58.4 Å². The third-order valence-electron chi connectivity index (χ3n) is 3.29. The largest absolute Gasteiger partial charge is 0.381 e. The molecule has 1 atom stereocenters. The molecular formula is C13H27NO. The Morgan fingerprint density at radius 2 is 2.07 bits per heavy atom. The van der Waals surface area contributed by atoms with E-state index >= 15 is 0 Å². The standard InChI is InChI=1S/C13H27NO/c1-3-9-15-10-8-13(14-4-2)11-12-6-5-7-12/h12-14H,3-11H2,1-2H3. The monoisotopic (exact) mass is 213 g/mol. The highest BCUT2D eigenvalue weighted by atomic mass is 16.5. The molecule has 15 heavy (non-hydrogen) atoms. The first kappa shape index (κ1) is 13.0. The van der Waals surface area contributed by atoms with Crippen molar-refractivity contribution in [1.82, 2.24) is 5.32 Å². The molecule has 0 aromatic heterocycles. The molecule has 0 aliphatic heterocycles. The molecule has 1 fully saturated rings. The third-order valence-corrected chi connectivity index (χ3v) is 3.29. The molecule has 0 aromatic rings. The quantitative estimate of drug-likeness (QED) is 0.595. The summed E-state index contributed by atoms with van der Waals surface area (Å²) < 4.78 is 5.55. The van der Waals surface area contributed by atoms with Gasteiger partial charge < -0.3 is 10.1 Å². The Labute approximate surface area is 94.8 Å². The minimum atomic E-state index is 0.692. The Morgan fingerprint density at radius 3 is 2.60 bits per heavy atom. The lowest BCUT2D eigenvalue weighted by Crippen LogP contribution is -2.33. The molecule has 0 heterocycles. The molecule has 1 aliphatic rings. The van der Waals surface area contributed by atoms with Gasteiger partial charge in [0.1, 0.15) is 0 Å². The number of hydrogen-bond donors (Lipinski definition) is 1. The smallest absolute Gasteiger partial charge is 0.0480 e. The summed E-state index contributed by atoms with van der Waals surface area (Å²) in [6, 6.07) is 0.692. The molecule has 1 unspecified atom stereocenters. The second-order valence-electron chi connectivity index (χ2n) is 4.69. The molecule has 0 bridgehead atoms. The van der Waals surface area contributed by atoms with Crippen LogP contribution in [-0.2, 0) is 4.74 Å². The average molecular weight is 213 g/mol. The van der Waals surface area contributed by atoms with Crippen molar-refractivity contribution in [3.8, 4) is 0 Å². The van der Waals surface area contributed by atoms with Gasteiger partial charge in [0.2, 0.25) is 0 Å². The lowest BCUT2D eigenvalue weighted by Gasteiger charge is -2.30. The predicted molar refractivity (Wildman–Crippen MR) is 65.1 cm³/mol. The van der Waals surface area contributed by atoms with Crippen molar-refractivity contribution >= 4 is 0 Å². The van der Waals surface area contributed by atoms with Crippen molar-refractivity contribution in [2.24, 2.45) is 5.92 Å². The Hall–Kier alpha value is -0.0800. The fourth-order valence-electron chi connectivity index (χ4n) is 2.19. The van der Waals surface area contributed by atoms with Crippen LogP contribution in [0.5, 0.6) is 0 Å². The first-order valence-corrected chi connectivity index (χ1v) is 6.68. The van der Waals surface area contributed by atoms with Crippen LogP contribution < -0.4 is 5.32 Å². The molecule has 0 aromatic carbocycles. The fraction of sp³-hybridized carbons (Fsp3) is 1.00. The van der Waals surface area contributed by atoms with Crippen molar-refractivity contribution in [2.75, 3.05) is 19.8 Å². The van der Waals surface area contributed by atoms with Crippen LogP contribution in [0, 0.1) is 5.92 Å². The normalized spacial score (nSPS) is 18.8. The summed E-state index contributed by atoms with van der Waals surface area (Å²) in [6.45, 7) is 7.29. The summed E-state index contributed by atoms with van der Waals surface area (Å²) in [5, 5.41) is 3.58. The molecule has 1 rings (SSSR count). The van der Waals surface area contributed by atoms with Crippen LogP contribution in [0.1, 0.15) is 52.4 Å². The highest BCUT2D eigenvalue weighted by molar-refractivity contribution is 4.77. The van der Waals surface area contributed by atoms with Crippen LogP contribution >= 0.6 is 0 Å². The van der Waals surface area contributed by atoms with Crippen molar-refractivity contribution in [3.05, 3.63) is 0 Å². The van der Waals surface area contributed by atoms with Gasteiger partial charge in [0.05, 0.1) is 0 Å². The van der Waals surface area contributed by atoms with Gasteiger partial charge in [-0.2, -0.15) is 0 Å². The van der Waals surface area contributed by atoms with Crippen LogP contribution in [-0.4, -0.2) is 25.8 Å². The van der Waals surface area contributed by atoms with Gasteiger partial charge in [-0.1, -0.05) is 33.1 Å². The Balaban J connectivity index is 2.05. The molecule has 0 spiro atoms. The van der Waals surface area contributed by atoms with Crippen LogP contribution in [0.15, 0.2) is 0 Å². The van der Waals surface area contributed by atoms with Gasteiger partial charge in [0.25, 0.3) is 0 Å². The first-order valence-electron chi connectivity index (χ1n) is 6.68. The molecule has 1 saturated carbocycles. The highest BCUT2D eigenvalue weighted by Gasteiger charge is 2.21. The summed E-state index contributed by atoms with van der Waals surface area (Å²) in [4.78, 5) is 0. The minimum Gasteiger partial charge on any atom is -0.381 e. The Kier molecular flexibility index (Phi) is 7.03. The van der Waals surface area contributed by atoms with E-state index in [-0.39, 0.29) is 0 Å². The van der Waals surface area contributed by atoms with Crippen LogP contribution in [0.4, 0.5) is 0 Å². The fourth-order valence-corrected chi connectivity index (χ4v) is 2.19. The number of ether oxygens (including phenoxy) is 1. The van der Waals surface area contributed by atoms with Gasteiger partial charge in [-0.3, -0.25) is 0 Å². The van der Waals surface area contributed by atoms with E-state index in [4.69, 9.17) is 4.74 Å². The van der Waals surface area contributed by atoms with E-state index in [9.17, 15) is 0 Å². The van der Waals surface area contributed by atoms with E-state index in [2.05, 4.69) is 19.2 Å². The van der Waals surface area contributed by atoms with Crippen molar-refractivity contribution in [3.63, 3.8) is 0 Å². The topological polar surface area (TPSA) is 21.3 Å². The molecule has 1 N–H and O–H groups in total. The zero-order chi connectivity index (χ0) is 10.9. The summed E-state index contributed by atoms with van der Waals surface area (Å²) >= 11 is 0. The average Bonchev–Trinajstić information content (AvgIpc) is 2.18. The van der Waals surface area contributed by atoms with E-state index in [0.717, 1.165) is 32.1 Å². The third kappa shape index (κ3) is 5.53. The first-order chi connectivity index (χ1) is 7.36. The highest BCUT2D eigenvalue weighted by Crippen LogP contribution is 2.30. The number of hydrogen-bond acceptors (Lipinski definition) is 2. The molecule has 2 heteroatoms. The summed E-state index contributed by atoms with van der Waals surface area (Å²) in [5.74, 6) is 1.00. The van der Waals surface area contributed by atoms with Crippen LogP contribution in [0.25, 0.3) is 0 Å². The van der Waals surface area contributed by atoms with Crippen LogP contribution in [0.2, 0.25) is 0 Å². The predicted octanol–water partition coefficient (Wildman–Crippen LogP) is 2.97. The molecule has 2 nitrogen and oxygen atoms in total. The van der Waals surface area contributed by atoms with Crippen molar-refractivity contribution < 1.29 is 4.74 Å². The second kappa shape index (κ2) is 8.12. The van der Waals surface area contributed by atoms with Gasteiger partial charge in [-0.25, -0.2) is 0 Å². The Bertz CT molecular complexity index is 145. The van der Waals surface area contributed by atoms with E-state index in [1.54, 1.807) is 0 Å². The lowest BCUT2D eigenvalue weighted by atomic mass is 9.80.